The van der Waals surface area contributed by atoms with Crippen LogP contribution < -0.4 is 4.74 Å². The highest BCUT2D eigenvalue weighted by atomic mass is 16.5. The topological polar surface area (TPSA) is 84.8 Å². The minimum atomic E-state index is 0.0579. The number of rotatable bonds is 6. The van der Waals surface area contributed by atoms with Crippen LogP contribution in [0.15, 0.2) is 69.8 Å². The van der Waals surface area contributed by atoms with Gasteiger partial charge in [0.15, 0.2) is 5.76 Å². The summed E-state index contributed by atoms with van der Waals surface area (Å²) < 4.78 is 16.0. The van der Waals surface area contributed by atoms with Crippen LogP contribution in [-0.2, 0) is 6.54 Å². The number of benzene rings is 2. The summed E-state index contributed by atoms with van der Waals surface area (Å²) in [6, 6.07) is 17.3. The number of amides is 1. The van der Waals surface area contributed by atoms with Gasteiger partial charge in [0.1, 0.15) is 5.75 Å². The molecule has 0 aliphatic carbocycles. The lowest BCUT2D eigenvalue weighted by Crippen LogP contribution is -2.48. The summed E-state index contributed by atoms with van der Waals surface area (Å²) >= 11 is 0. The van der Waals surface area contributed by atoms with Gasteiger partial charge in [-0.3, -0.25) is 9.69 Å². The Morgan fingerprint density at radius 3 is 2.65 bits per heavy atom. The minimum absolute atomic E-state index is 0.0579. The molecule has 1 aliphatic rings. The zero-order valence-corrected chi connectivity index (χ0v) is 19.2. The fraction of sp³-hybridized carbons (Fsp3) is 0.269. The number of ether oxygens (including phenoxy) is 1. The molecule has 8 heteroatoms. The lowest BCUT2D eigenvalue weighted by atomic mass is 10.1. The molecule has 34 heavy (non-hydrogen) atoms. The van der Waals surface area contributed by atoms with E-state index in [1.54, 1.807) is 25.5 Å². The Balaban J connectivity index is 1.21. The number of hydrogen-bond donors (Lipinski definition) is 0. The fourth-order valence-electron chi connectivity index (χ4n) is 4.25. The Morgan fingerprint density at radius 2 is 1.88 bits per heavy atom. The number of aromatic nitrogens is 2. The molecule has 1 amide bonds. The Bertz CT molecular complexity index is 1270. The minimum Gasteiger partial charge on any atom is -0.496 e. The second-order valence-corrected chi connectivity index (χ2v) is 8.30. The summed E-state index contributed by atoms with van der Waals surface area (Å²) in [6.07, 6.45) is 1.57. The molecule has 0 unspecified atom stereocenters. The van der Waals surface area contributed by atoms with Crippen molar-refractivity contribution < 1.29 is 18.5 Å². The number of furan rings is 1. The second-order valence-electron chi connectivity index (χ2n) is 8.30. The molecule has 4 aromatic rings. The molecule has 0 N–H and O–H groups in total. The maximum Gasteiger partial charge on any atom is 0.293 e. The summed E-state index contributed by atoms with van der Waals surface area (Å²) in [5, 5.41) is 4.10. The summed E-state index contributed by atoms with van der Waals surface area (Å²) in [4.78, 5) is 21.8. The Labute approximate surface area is 197 Å². The standard InChI is InChI=1S/C26H26N4O4/c1-18-21(8-4-9-22(18)32-2)26(31)30-13-11-29(12-14-30)17-19-6-3-7-20(16-19)24-27-25(34-28-24)23-10-5-15-33-23/h3-10,15-16H,11-14,17H2,1-2H3. The summed E-state index contributed by atoms with van der Waals surface area (Å²) in [7, 11) is 1.63. The van der Waals surface area contributed by atoms with Crippen LogP contribution in [0.3, 0.4) is 0 Å². The van der Waals surface area contributed by atoms with Crippen LogP contribution in [-0.4, -0.2) is 59.1 Å². The van der Waals surface area contributed by atoms with Gasteiger partial charge in [0.25, 0.3) is 11.8 Å². The van der Waals surface area contributed by atoms with Gasteiger partial charge in [0.05, 0.1) is 13.4 Å². The van der Waals surface area contributed by atoms with Gasteiger partial charge in [-0.25, -0.2) is 0 Å². The van der Waals surface area contributed by atoms with E-state index in [1.165, 1.54) is 0 Å². The average molecular weight is 459 g/mol. The van der Waals surface area contributed by atoms with E-state index in [9.17, 15) is 4.79 Å². The first-order valence-electron chi connectivity index (χ1n) is 11.2. The molecular weight excluding hydrogens is 432 g/mol. The summed E-state index contributed by atoms with van der Waals surface area (Å²) in [5.74, 6) is 2.23. The lowest BCUT2D eigenvalue weighted by molar-refractivity contribution is 0.0627. The van der Waals surface area contributed by atoms with Crippen molar-refractivity contribution in [2.45, 2.75) is 13.5 Å². The van der Waals surface area contributed by atoms with Crippen molar-refractivity contribution in [3.05, 3.63) is 77.6 Å². The SMILES string of the molecule is COc1cccc(C(=O)N2CCN(Cc3cccc(-c4noc(-c5ccco5)n4)c3)CC2)c1C. The molecule has 5 rings (SSSR count). The van der Waals surface area contributed by atoms with E-state index < -0.39 is 0 Å². The smallest absolute Gasteiger partial charge is 0.293 e. The average Bonchev–Trinajstić information content (AvgIpc) is 3.57. The number of nitrogens with zero attached hydrogens (tertiary/aromatic N) is 4. The van der Waals surface area contributed by atoms with Crippen molar-refractivity contribution in [2.24, 2.45) is 0 Å². The molecular formula is C26H26N4O4. The van der Waals surface area contributed by atoms with Crippen molar-refractivity contribution in [2.75, 3.05) is 33.3 Å². The Kier molecular flexibility index (Phi) is 6.14. The van der Waals surface area contributed by atoms with Gasteiger partial charge < -0.3 is 18.6 Å². The number of carbonyl (C=O) groups excluding carboxylic acids is 1. The molecule has 3 heterocycles. The molecule has 0 bridgehead atoms. The monoisotopic (exact) mass is 458 g/mol. The summed E-state index contributed by atoms with van der Waals surface area (Å²) in [5.41, 5.74) is 3.63. The quantitative estimate of drug-likeness (QED) is 0.427. The van der Waals surface area contributed by atoms with E-state index in [2.05, 4.69) is 27.2 Å². The molecule has 2 aromatic carbocycles. The van der Waals surface area contributed by atoms with Crippen molar-refractivity contribution in [1.29, 1.82) is 0 Å². The van der Waals surface area contributed by atoms with Gasteiger partial charge >= 0.3 is 0 Å². The van der Waals surface area contributed by atoms with E-state index in [1.807, 2.05) is 42.2 Å². The van der Waals surface area contributed by atoms with Gasteiger partial charge in [-0.05, 0) is 42.8 Å². The highest BCUT2D eigenvalue weighted by Crippen LogP contribution is 2.25. The maximum atomic E-state index is 13.1. The highest BCUT2D eigenvalue weighted by molar-refractivity contribution is 5.96. The van der Waals surface area contributed by atoms with Crippen LogP contribution >= 0.6 is 0 Å². The number of carbonyl (C=O) groups is 1. The molecule has 1 aliphatic heterocycles. The van der Waals surface area contributed by atoms with Crippen LogP contribution in [0, 0.1) is 6.92 Å². The van der Waals surface area contributed by atoms with Crippen molar-refractivity contribution in [3.8, 4) is 28.8 Å². The van der Waals surface area contributed by atoms with Crippen molar-refractivity contribution in [3.63, 3.8) is 0 Å². The first-order valence-corrected chi connectivity index (χ1v) is 11.2. The number of hydrogen-bond acceptors (Lipinski definition) is 7. The van der Waals surface area contributed by atoms with Gasteiger partial charge in [-0.2, -0.15) is 4.98 Å². The molecule has 2 aromatic heterocycles. The third kappa shape index (κ3) is 4.45. The van der Waals surface area contributed by atoms with Gasteiger partial charge in [-0.1, -0.05) is 29.4 Å². The molecule has 8 nitrogen and oxygen atoms in total. The maximum absolute atomic E-state index is 13.1. The highest BCUT2D eigenvalue weighted by Gasteiger charge is 2.24. The molecule has 1 saturated heterocycles. The molecule has 174 valence electrons. The third-order valence-electron chi connectivity index (χ3n) is 6.14. The zero-order chi connectivity index (χ0) is 23.5. The first-order chi connectivity index (χ1) is 16.6. The number of methoxy groups -OCH3 is 1. The Hall–Kier alpha value is -3.91. The Morgan fingerprint density at radius 1 is 1.06 bits per heavy atom. The molecule has 0 atom stereocenters. The largest absolute Gasteiger partial charge is 0.496 e. The van der Waals surface area contributed by atoms with Crippen molar-refractivity contribution in [1.82, 2.24) is 19.9 Å². The summed E-state index contributed by atoms with van der Waals surface area (Å²) in [6.45, 7) is 5.71. The first kappa shape index (κ1) is 21.9. The van der Waals surface area contributed by atoms with Crippen LogP contribution in [0.4, 0.5) is 0 Å². The van der Waals surface area contributed by atoms with E-state index in [4.69, 9.17) is 13.7 Å². The van der Waals surface area contributed by atoms with E-state index in [-0.39, 0.29) is 5.91 Å². The number of piperazine rings is 1. The molecule has 0 spiro atoms. The second kappa shape index (κ2) is 9.52. The van der Waals surface area contributed by atoms with Crippen LogP contribution in [0.1, 0.15) is 21.5 Å². The third-order valence-corrected chi connectivity index (χ3v) is 6.14. The van der Waals surface area contributed by atoms with E-state index in [0.29, 0.717) is 36.1 Å². The van der Waals surface area contributed by atoms with Gasteiger partial charge in [0.2, 0.25) is 5.82 Å². The van der Waals surface area contributed by atoms with Gasteiger partial charge in [-0.15, -0.1) is 0 Å². The van der Waals surface area contributed by atoms with Gasteiger partial charge in [0, 0.05) is 49.4 Å². The van der Waals surface area contributed by atoms with Crippen LogP contribution in [0.25, 0.3) is 23.0 Å². The predicted molar refractivity (Wildman–Crippen MR) is 126 cm³/mol. The van der Waals surface area contributed by atoms with Crippen molar-refractivity contribution >= 4 is 5.91 Å². The zero-order valence-electron chi connectivity index (χ0n) is 19.2. The lowest BCUT2D eigenvalue weighted by Gasteiger charge is -2.35. The molecule has 0 saturated carbocycles. The predicted octanol–water partition coefficient (Wildman–Crippen LogP) is 4.27. The molecule has 0 radical (unpaired) electrons. The van der Waals surface area contributed by atoms with Crippen LogP contribution in [0.2, 0.25) is 0 Å². The van der Waals surface area contributed by atoms with Crippen LogP contribution in [0.5, 0.6) is 5.75 Å². The molecule has 1 fully saturated rings. The fourth-order valence-corrected chi connectivity index (χ4v) is 4.25. The van der Waals surface area contributed by atoms with E-state index >= 15 is 0 Å². The van der Waals surface area contributed by atoms with E-state index in [0.717, 1.165) is 42.1 Å². The normalized spacial score (nSPS) is 14.4.